The van der Waals surface area contributed by atoms with Crippen LogP contribution >= 0.6 is 35.0 Å². The van der Waals surface area contributed by atoms with Gasteiger partial charge in [0.2, 0.25) is 10.0 Å². The van der Waals surface area contributed by atoms with Crippen molar-refractivity contribution >= 4 is 45.0 Å². The Labute approximate surface area is 140 Å². The van der Waals surface area contributed by atoms with E-state index < -0.39 is 10.0 Å². The molecule has 2 rings (SSSR count). The maximum atomic E-state index is 12.5. The average Bonchev–Trinajstić information content (AvgIpc) is 2.43. The first-order valence-corrected chi connectivity index (χ1v) is 10.1. The lowest BCUT2D eigenvalue weighted by Crippen LogP contribution is -2.38. The minimum Gasteiger partial charge on any atom is -0.316 e. The van der Waals surface area contributed by atoms with Gasteiger partial charge in [0.15, 0.2) is 0 Å². The predicted octanol–water partition coefficient (Wildman–Crippen LogP) is 2.89. The average molecular weight is 369 g/mol. The van der Waals surface area contributed by atoms with E-state index in [0.717, 1.165) is 24.3 Å². The number of hydrogen-bond acceptors (Lipinski definition) is 4. The number of benzene rings is 1. The van der Waals surface area contributed by atoms with Gasteiger partial charge in [-0.2, -0.15) is 11.8 Å². The first kappa shape index (κ1) is 17.4. The Morgan fingerprint density at radius 1 is 1.38 bits per heavy atom. The van der Waals surface area contributed by atoms with E-state index in [1.807, 2.05) is 0 Å². The molecule has 0 bridgehead atoms. The third-order valence-electron chi connectivity index (χ3n) is 3.22. The Morgan fingerprint density at radius 2 is 2.14 bits per heavy atom. The molecule has 0 saturated carbocycles. The van der Waals surface area contributed by atoms with Gasteiger partial charge in [-0.15, -0.1) is 0 Å². The predicted molar refractivity (Wildman–Crippen MR) is 89.9 cm³/mol. The summed E-state index contributed by atoms with van der Waals surface area (Å²) in [5, 5.41) is 3.54. The summed E-state index contributed by atoms with van der Waals surface area (Å²) < 4.78 is 27.8. The normalized spacial score (nSPS) is 19.7. The van der Waals surface area contributed by atoms with Crippen LogP contribution in [0, 0.1) is 0 Å². The van der Waals surface area contributed by atoms with Crippen molar-refractivity contribution < 1.29 is 8.42 Å². The molecule has 0 aromatic heterocycles. The van der Waals surface area contributed by atoms with Crippen LogP contribution < -0.4 is 10.0 Å². The summed E-state index contributed by atoms with van der Waals surface area (Å²) in [6.45, 7) is 0.460. The Balaban J connectivity index is 2.30. The van der Waals surface area contributed by atoms with Gasteiger partial charge in [0, 0.05) is 23.4 Å². The monoisotopic (exact) mass is 368 g/mol. The van der Waals surface area contributed by atoms with Crippen LogP contribution in [0.4, 0.5) is 0 Å². The van der Waals surface area contributed by atoms with Gasteiger partial charge in [-0.3, -0.25) is 0 Å². The van der Waals surface area contributed by atoms with Crippen LogP contribution in [0.1, 0.15) is 18.4 Å². The Hall–Kier alpha value is 0.0200. The third kappa shape index (κ3) is 4.50. The molecule has 118 valence electrons. The summed E-state index contributed by atoms with van der Waals surface area (Å²) in [6, 6.07) is 3.04. The zero-order chi connectivity index (χ0) is 15.5. The van der Waals surface area contributed by atoms with E-state index >= 15 is 0 Å². The Kier molecular flexibility index (Phi) is 6.23. The minimum atomic E-state index is -3.66. The molecule has 8 heteroatoms. The largest absolute Gasteiger partial charge is 0.316 e. The SMILES string of the molecule is CNCc1cc(Cl)cc(S(=O)(=O)NC2CCCSC2)c1Cl. The van der Waals surface area contributed by atoms with Crippen LogP contribution in [-0.4, -0.2) is 33.0 Å². The van der Waals surface area contributed by atoms with Gasteiger partial charge in [0.1, 0.15) is 4.90 Å². The summed E-state index contributed by atoms with van der Waals surface area (Å²) in [5.74, 6) is 1.88. The molecule has 1 aliphatic rings. The number of thioether (sulfide) groups is 1. The fourth-order valence-corrected chi connectivity index (χ4v) is 5.63. The van der Waals surface area contributed by atoms with Gasteiger partial charge in [-0.25, -0.2) is 13.1 Å². The highest BCUT2D eigenvalue weighted by molar-refractivity contribution is 7.99. The topological polar surface area (TPSA) is 58.2 Å². The second kappa shape index (κ2) is 7.53. The van der Waals surface area contributed by atoms with E-state index in [4.69, 9.17) is 23.2 Å². The maximum absolute atomic E-state index is 12.5. The van der Waals surface area contributed by atoms with Gasteiger partial charge >= 0.3 is 0 Å². The lowest BCUT2D eigenvalue weighted by molar-refractivity contribution is 0.543. The van der Waals surface area contributed by atoms with Gasteiger partial charge in [-0.1, -0.05) is 23.2 Å². The van der Waals surface area contributed by atoms with Crippen LogP contribution in [0.5, 0.6) is 0 Å². The lowest BCUT2D eigenvalue weighted by Gasteiger charge is -2.23. The van der Waals surface area contributed by atoms with Crippen molar-refractivity contribution in [1.29, 1.82) is 0 Å². The maximum Gasteiger partial charge on any atom is 0.242 e. The van der Waals surface area contributed by atoms with Crippen molar-refractivity contribution in [1.82, 2.24) is 10.0 Å². The van der Waals surface area contributed by atoms with Crippen LogP contribution in [0.25, 0.3) is 0 Å². The van der Waals surface area contributed by atoms with E-state index in [2.05, 4.69) is 10.0 Å². The minimum absolute atomic E-state index is 0.0449. The Bertz CT molecular complexity index is 602. The zero-order valence-electron chi connectivity index (χ0n) is 11.7. The van der Waals surface area contributed by atoms with Crippen LogP contribution in [0.3, 0.4) is 0 Å². The molecule has 2 N–H and O–H groups in total. The number of nitrogens with one attached hydrogen (secondary N) is 2. The standard InChI is InChI=1S/C13H18Cl2N2O2S2/c1-16-7-9-5-10(14)6-12(13(9)15)21(18,19)17-11-3-2-4-20-8-11/h5-6,11,16-17H,2-4,7-8H2,1H3. The highest BCUT2D eigenvalue weighted by Gasteiger charge is 2.25. The summed E-state index contributed by atoms with van der Waals surface area (Å²) in [5.41, 5.74) is 0.671. The molecule has 0 radical (unpaired) electrons. The third-order valence-corrected chi connectivity index (χ3v) is 6.75. The molecule has 1 unspecified atom stereocenters. The molecule has 4 nitrogen and oxygen atoms in total. The molecule has 1 aromatic carbocycles. The van der Waals surface area contributed by atoms with Crippen molar-refractivity contribution in [3.8, 4) is 0 Å². The van der Waals surface area contributed by atoms with Crippen LogP contribution in [-0.2, 0) is 16.6 Å². The number of halogens is 2. The molecule has 1 heterocycles. The molecule has 0 aliphatic carbocycles. The Morgan fingerprint density at radius 3 is 2.76 bits per heavy atom. The second-order valence-electron chi connectivity index (χ2n) is 4.94. The van der Waals surface area contributed by atoms with Crippen molar-refractivity contribution in [3.05, 3.63) is 27.7 Å². The van der Waals surface area contributed by atoms with Gasteiger partial charge in [0.25, 0.3) is 0 Å². The molecular formula is C13H18Cl2N2O2S2. The van der Waals surface area contributed by atoms with E-state index in [-0.39, 0.29) is 16.0 Å². The first-order chi connectivity index (χ1) is 9.94. The first-order valence-electron chi connectivity index (χ1n) is 6.66. The molecule has 1 aromatic rings. The molecular weight excluding hydrogens is 351 g/mol. The van der Waals surface area contributed by atoms with Crippen molar-refractivity contribution in [3.63, 3.8) is 0 Å². The van der Waals surface area contributed by atoms with Crippen molar-refractivity contribution in [2.45, 2.75) is 30.3 Å². The van der Waals surface area contributed by atoms with E-state index in [0.29, 0.717) is 17.1 Å². The summed E-state index contributed by atoms with van der Waals surface area (Å²) >= 11 is 14.0. The van der Waals surface area contributed by atoms with Crippen LogP contribution in [0.15, 0.2) is 17.0 Å². The number of hydrogen-bond donors (Lipinski definition) is 2. The molecule has 0 spiro atoms. The second-order valence-corrected chi connectivity index (χ2v) is 8.59. The van der Waals surface area contributed by atoms with E-state index in [1.54, 1.807) is 24.9 Å². The van der Waals surface area contributed by atoms with Crippen molar-refractivity contribution in [2.75, 3.05) is 18.6 Å². The zero-order valence-corrected chi connectivity index (χ0v) is 14.8. The highest BCUT2D eigenvalue weighted by Crippen LogP contribution is 2.30. The van der Waals surface area contributed by atoms with Crippen molar-refractivity contribution in [2.24, 2.45) is 0 Å². The highest BCUT2D eigenvalue weighted by atomic mass is 35.5. The number of sulfonamides is 1. The van der Waals surface area contributed by atoms with Gasteiger partial charge < -0.3 is 5.32 Å². The lowest BCUT2D eigenvalue weighted by atomic mass is 10.2. The van der Waals surface area contributed by atoms with Crippen LogP contribution in [0.2, 0.25) is 10.0 Å². The summed E-state index contributed by atoms with van der Waals surface area (Å²) in [7, 11) is -1.89. The van der Waals surface area contributed by atoms with Gasteiger partial charge in [0.05, 0.1) is 5.02 Å². The molecule has 0 amide bonds. The number of rotatable bonds is 5. The van der Waals surface area contributed by atoms with E-state index in [9.17, 15) is 8.42 Å². The molecule has 1 saturated heterocycles. The molecule has 1 aliphatic heterocycles. The summed E-state index contributed by atoms with van der Waals surface area (Å²) in [4.78, 5) is 0.0532. The smallest absolute Gasteiger partial charge is 0.242 e. The summed E-state index contributed by atoms with van der Waals surface area (Å²) in [6.07, 6.45) is 1.87. The molecule has 1 fully saturated rings. The quantitative estimate of drug-likeness (QED) is 0.838. The van der Waals surface area contributed by atoms with Gasteiger partial charge in [-0.05, 0) is 43.3 Å². The fourth-order valence-electron chi connectivity index (χ4n) is 2.25. The molecule has 1 atom stereocenters. The van der Waals surface area contributed by atoms with E-state index in [1.165, 1.54) is 6.07 Å². The fraction of sp³-hybridized carbons (Fsp3) is 0.538. The molecule has 21 heavy (non-hydrogen) atoms.